The number of benzene rings is 3. The van der Waals surface area contributed by atoms with Gasteiger partial charge in [-0.2, -0.15) is 4.57 Å². The van der Waals surface area contributed by atoms with Gasteiger partial charge >= 0.3 is 0 Å². The van der Waals surface area contributed by atoms with Gasteiger partial charge in [0.25, 0.3) is 0 Å². The van der Waals surface area contributed by atoms with E-state index in [1.165, 1.54) is 21.9 Å². The lowest BCUT2D eigenvalue weighted by molar-refractivity contribution is -0.646. The van der Waals surface area contributed by atoms with E-state index in [1.54, 1.807) is 0 Å². The number of nitrogens with zero attached hydrogens (tertiary/aromatic N) is 2. The molecule has 4 heteroatoms. The number of pyridine rings is 1. The molecule has 1 aromatic heterocycles. The number of halogens is 1. The van der Waals surface area contributed by atoms with Crippen LogP contribution >= 0.6 is 15.9 Å². The quantitative estimate of drug-likeness (QED) is 0.379. The molecule has 0 spiro atoms. The highest BCUT2D eigenvalue weighted by Crippen LogP contribution is 2.37. The van der Waals surface area contributed by atoms with E-state index in [0.29, 0.717) is 6.54 Å². The van der Waals surface area contributed by atoms with Gasteiger partial charge < -0.3 is 10.0 Å². The van der Waals surface area contributed by atoms with Gasteiger partial charge in [0.05, 0.1) is 16.5 Å². The van der Waals surface area contributed by atoms with E-state index in [1.807, 2.05) is 14.1 Å². The summed E-state index contributed by atoms with van der Waals surface area (Å²) in [7, 11) is 4.09. The number of anilines is 1. The summed E-state index contributed by atoms with van der Waals surface area (Å²) in [5.41, 5.74) is 5.82. The fourth-order valence-electron chi connectivity index (χ4n) is 3.79. The molecule has 0 fully saturated rings. The second kappa shape index (κ2) is 7.29. The van der Waals surface area contributed by atoms with Crippen LogP contribution in [-0.2, 0) is 6.54 Å². The van der Waals surface area contributed by atoms with Crippen molar-refractivity contribution in [3.63, 3.8) is 0 Å². The number of fused-ring (bicyclic) bond motifs is 2. The van der Waals surface area contributed by atoms with E-state index in [4.69, 9.17) is 0 Å². The molecule has 1 heterocycles. The summed E-state index contributed by atoms with van der Waals surface area (Å²) in [5.74, 6) is 0. The zero-order chi connectivity index (χ0) is 19.0. The zero-order valence-electron chi connectivity index (χ0n) is 15.5. The molecule has 1 N–H and O–H groups in total. The highest BCUT2D eigenvalue weighted by Gasteiger charge is 2.21. The summed E-state index contributed by atoms with van der Waals surface area (Å²) in [4.78, 5) is 2.10. The van der Waals surface area contributed by atoms with Crippen LogP contribution in [0.4, 0.5) is 5.69 Å². The maximum Gasteiger partial charge on any atom is 0.213 e. The van der Waals surface area contributed by atoms with E-state index >= 15 is 0 Å². The molecular weight excluding hydrogens is 400 g/mol. The lowest BCUT2D eigenvalue weighted by Gasteiger charge is -2.17. The summed E-state index contributed by atoms with van der Waals surface area (Å²) in [5, 5.41) is 12.0. The second-order valence-corrected chi connectivity index (χ2v) is 7.70. The Balaban J connectivity index is 2.11. The summed E-state index contributed by atoms with van der Waals surface area (Å²) in [6, 6.07) is 23.4. The molecule has 4 rings (SSSR count). The molecule has 0 aliphatic heterocycles. The highest BCUT2D eigenvalue weighted by atomic mass is 79.9. The highest BCUT2D eigenvalue weighted by molar-refractivity contribution is 9.10. The SMILES string of the molecule is CN(C)c1ccc(-c2c3ccccc3[n+](CCO)c3ccccc23)cc1Br. The van der Waals surface area contributed by atoms with Crippen molar-refractivity contribution >= 4 is 43.4 Å². The molecule has 3 aromatic carbocycles. The van der Waals surface area contributed by atoms with Crippen LogP contribution in [0.2, 0.25) is 0 Å². The number of aliphatic hydroxyl groups is 1. The summed E-state index contributed by atoms with van der Waals surface area (Å²) >= 11 is 3.73. The third-order valence-electron chi connectivity index (χ3n) is 4.97. The minimum atomic E-state index is 0.112. The Morgan fingerprint density at radius 3 is 2.00 bits per heavy atom. The van der Waals surface area contributed by atoms with Crippen molar-refractivity contribution < 1.29 is 9.67 Å². The molecule has 4 aromatic rings. The third kappa shape index (κ3) is 3.09. The number of rotatable bonds is 4. The van der Waals surface area contributed by atoms with Gasteiger partial charge in [-0.1, -0.05) is 30.3 Å². The molecule has 0 unspecified atom stereocenters. The van der Waals surface area contributed by atoms with Gasteiger partial charge in [-0.15, -0.1) is 0 Å². The standard InChI is InChI=1S/C23H22BrN2O/c1-25(2)22-12-11-16(15-19(22)24)23-17-7-3-5-9-20(17)26(13-14-27)21-10-6-4-8-18(21)23/h3-12,15,27H,13-14H2,1-2H3/q+1. The van der Waals surface area contributed by atoms with Crippen molar-refractivity contribution in [2.24, 2.45) is 0 Å². The van der Waals surface area contributed by atoms with Crippen LogP contribution in [0.5, 0.6) is 0 Å². The van der Waals surface area contributed by atoms with Gasteiger partial charge in [0.2, 0.25) is 11.0 Å². The van der Waals surface area contributed by atoms with E-state index in [2.05, 4.69) is 92.1 Å². The number of hydrogen-bond acceptors (Lipinski definition) is 2. The van der Waals surface area contributed by atoms with Crippen molar-refractivity contribution in [2.45, 2.75) is 6.54 Å². The number of para-hydroxylation sites is 2. The molecule has 136 valence electrons. The number of aromatic nitrogens is 1. The number of hydrogen-bond donors (Lipinski definition) is 1. The van der Waals surface area contributed by atoms with Crippen LogP contribution < -0.4 is 9.47 Å². The van der Waals surface area contributed by atoms with Crippen LogP contribution in [0.25, 0.3) is 32.9 Å². The topological polar surface area (TPSA) is 27.4 Å². The van der Waals surface area contributed by atoms with Crippen molar-refractivity contribution in [1.82, 2.24) is 0 Å². The second-order valence-electron chi connectivity index (χ2n) is 6.85. The molecule has 0 atom stereocenters. The van der Waals surface area contributed by atoms with E-state index in [9.17, 15) is 5.11 Å². The Kier molecular flexibility index (Phi) is 4.85. The molecule has 0 bridgehead atoms. The first-order chi connectivity index (χ1) is 13.1. The lowest BCUT2D eigenvalue weighted by atomic mass is 9.95. The van der Waals surface area contributed by atoms with Crippen LogP contribution in [-0.4, -0.2) is 25.8 Å². The predicted molar refractivity (Wildman–Crippen MR) is 116 cm³/mol. The largest absolute Gasteiger partial charge is 0.390 e. The minimum absolute atomic E-state index is 0.112. The van der Waals surface area contributed by atoms with Gasteiger partial charge in [0.15, 0.2) is 6.54 Å². The average molecular weight is 422 g/mol. The molecule has 3 nitrogen and oxygen atoms in total. The maximum atomic E-state index is 9.61. The van der Waals surface area contributed by atoms with Crippen LogP contribution in [0.3, 0.4) is 0 Å². The third-order valence-corrected chi connectivity index (χ3v) is 5.61. The Bertz CT molecular complexity index is 1080. The van der Waals surface area contributed by atoms with Gasteiger partial charge in [-0.05, 0) is 45.8 Å². The van der Waals surface area contributed by atoms with E-state index < -0.39 is 0 Å². The molecule has 0 radical (unpaired) electrons. The Morgan fingerprint density at radius 2 is 1.48 bits per heavy atom. The van der Waals surface area contributed by atoms with Gasteiger partial charge in [0.1, 0.15) is 6.61 Å². The van der Waals surface area contributed by atoms with Crippen LogP contribution in [0, 0.1) is 0 Å². The van der Waals surface area contributed by atoms with Crippen molar-refractivity contribution in [3.8, 4) is 11.1 Å². The lowest BCUT2D eigenvalue weighted by Crippen LogP contribution is -2.37. The fourth-order valence-corrected chi connectivity index (χ4v) is 4.53. The zero-order valence-corrected chi connectivity index (χ0v) is 17.1. The molecule has 0 amide bonds. The normalized spacial score (nSPS) is 11.3. The van der Waals surface area contributed by atoms with Crippen LogP contribution in [0.1, 0.15) is 0 Å². The summed E-state index contributed by atoms with van der Waals surface area (Å²) in [6.45, 7) is 0.686. The molecule has 0 aliphatic rings. The van der Waals surface area contributed by atoms with Gasteiger partial charge in [0, 0.05) is 36.3 Å². The maximum absolute atomic E-state index is 9.61. The Hall–Kier alpha value is -2.43. The number of aliphatic hydroxyl groups excluding tert-OH is 1. The fraction of sp³-hybridized carbons (Fsp3) is 0.174. The summed E-state index contributed by atoms with van der Waals surface area (Å²) < 4.78 is 3.28. The molecule has 0 saturated carbocycles. The Morgan fingerprint density at radius 1 is 0.889 bits per heavy atom. The van der Waals surface area contributed by atoms with Gasteiger partial charge in [-0.3, -0.25) is 0 Å². The van der Waals surface area contributed by atoms with E-state index in [-0.39, 0.29) is 6.61 Å². The van der Waals surface area contributed by atoms with Crippen LogP contribution in [0.15, 0.2) is 71.2 Å². The molecule has 0 saturated heterocycles. The summed E-state index contributed by atoms with van der Waals surface area (Å²) in [6.07, 6.45) is 0. The first kappa shape index (κ1) is 18.0. The molecule has 0 aliphatic carbocycles. The molecular formula is C23H22BrN2O+. The first-order valence-electron chi connectivity index (χ1n) is 9.03. The van der Waals surface area contributed by atoms with Crippen molar-refractivity contribution in [1.29, 1.82) is 0 Å². The van der Waals surface area contributed by atoms with Crippen molar-refractivity contribution in [3.05, 3.63) is 71.2 Å². The van der Waals surface area contributed by atoms with Crippen molar-refractivity contribution in [2.75, 3.05) is 25.6 Å². The Labute approximate surface area is 167 Å². The first-order valence-corrected chi connectivity index (χ1v) is 9.82. The average Bonchev–Trinajstić information content (AvgIpc) is 2.67. The van der Waals surface area contributed by atoms with Gasteiger partial charge in [-0.25, -0.2) is 0 Å². The predicted octanol–water partition coefficient (Wildman–Crippen LogP) is 4.77. The van der Waals surface area contributed by atoms with E-state index in [0.717, 1.165) is 21.2 Å². The smallest absolute Gasteiger partial charge is 0.213 e. The molecule has 27 heavy (non-hydrogen) atoms. The monoisotopic (exact) mass is 421 g/mol. The minimum Gasteiger partial charge on any atom is -0.390 e.